The SMILES string of the molecule is CCOC(=O)c1ccccc1Nc1ncnc(N2CCN(c3ccc(OC)cc3)CC2)c1[N+](=O)[O-]. The molecule has 1 aliphatic rings. The third-order valence-electron chi connectivity index (χ3n) is 5.68. The fraction of sp³-hybridized carbons (Fsp3) is 0.292. The number of aromatic nitrogens is 2. The van der Waals surface area contributed by atoms with Crippen LogP contribution in [0.15, 0.2) is 54.9 Å². The lowest BCUT2D eigenvalue weighted by molar-refractivity contribution is -0.383. The highest BCUT2D eigenvalue weighted by atomic mass is 16.6. The first-order chi connectivity index (χ1) is 17.0. The average Bonchev–Trinajstić information content (AvgIpc) is 2.89. The van der Waals surface area contributed by atoms with Gasteiger partial charge in [-0.25, -0.2) is 14.8 Å². The van der Waals surface area contributed by atoms with Crippen LogP contribution in [0.4, 0.5) is 28.7 Å². The highest BCUT2D eigenvalue weighted by molar-refractivity contribution is 5.97. The molecule has 1 aromatic heterocycles. The molecule has 11 nitrogen and oxygen atoms in total. The maximum atomic E-state index is 12.3. The van der Waals surface area contributed by atoms with Gasteiger partial charge in [-0.05, 0) is 43.3 Å². The summed E-state index contributed by atoms with van der Waals surface area (Å²) < 4.78 is 10.3. The zero-order valence-electron chi connectivity index (χ0n) is 19.5. The molecule has 1 aliphatic heterocycles. The number of carbonyl (C=O) groups excluding carboxylic acids is 1. The quantitative estimate of drug-likeness (QED) is 0.292. The van der Waals surface area contributed by atoms with E-state index >= 15 is 0 Å². The van der Waals surface area contributed by atoms with Crippen molar-refractivity contribution in [2.45, 2.75) is 6.92 Å². The van der Waals surface area contributed by atoms with Crippen LogP contribution < -0.4 is 19.9 Å². The monoisotopic (exact) mass is 478 g/mol. The number of para-hydroxylation sites is 1. The van der Waals surface area contributed by atoms with Crippen molar-refractivity contribution >= 4 is 34.7 Å². The lowest BCUT2D eigenvalue weighted by Crippen LogP contribution is -2.47. The number of carbonyl (C=O) groups is 1. The lowest BCUT2D eigenvalue weighted by atomic mass is 10.1. The first kappa shape index (κ1) is 23.7. The fourth-order valence-electron chi connectivity index (χ4n) is 3.94. The molecule has 4 rings (SSSR count). The predicted molar refractivity (Wildman–Crippen MR) is 132 cm³/mol. The number of nitrogens with one attached hydrogen (secondary N) is 1. The van der Waals surface area contributed by atoms with Gasteiger partial charge in [0.2, 0.25) is 11.6 Å². The van der Waals surface area contributed by atoms with Gasteiger partial charge in [0.1, 0.15) is 12.1 Å². The number of esters is 1. The van der Waals surface area contributed by atoms with Crippen molar-refractivity contribution in [3.63, 3.8) is 0 Å². The van der Waals surface area contributed by atoms with E-state index in [1.807, 2.05) is 29.2 Å². The molecule has 3 aromatic rings. The van der Waals surface area contributed by atoms with Gasteiger partial charge in [0.15, 0.2) is 0 Å². The Morgan fingerprint density at radius 1 is 1.06 bits per heavy atom. The van der Waals surface area contributed by atoms with E-state index in [1.165, 1.54) is 6.33 Å². The summed E-state index contributed by atoms with van der Waals surface area (Å²) in [5, 5.41) is 15.0. The van der Waals surface area contributed by atoms with E-state index in [0.29, 0.717) is 31.9 Å². The van der Waals surface area contributed by atoms with Crippen LogP contribution in [0.25, 0.3) is 0 Å². The second-order valence-electron chi connectivity index (χ2n) is 7.71. The van der Waals surface area contributed by atoms with Crippen molar-refractivity contribution in [2.75, 3.05) is 55.0 Å². The summed E-state index contributed by atoms with van der Waals surface area (Å²) in [5.41, 5.74) is 1.43. The Balaban J connectivity index is 1.56. The van der Waals surface area contributed by atoms with Crippen LogP contribution in [-0.4, -0.2) is 60.8 Å². The molecule has 0 amide bonds. The molecular formula is C24H26N6O5. The third kappa shape index (κ3) is 5.24. The summed E-state index contributed by atoms with van der Waals surface area (Å²) in [6.07, 6.45) is 1.29. The third-order valence-corrected chi connectivity index (χ3v) is 5.68. The number of nitro groups is 1. The van der Waals surface area contributed by atoms with Crippen LogP contribution in [0, 0.1) is 10.1 Å². The molecular weight excluding hydrogens is 452 g/mol. The number of nitrogens with zero attached hydrogens (tertiary/aromatic N) is 5. The number of rotatable bonds is 8. The van der Waals surface area contributed by atoms with E-state index in [4.69, 9.17) is 9.47 Å². The van der Waals surface area contributed by atoms with Crippen molar-refractivity contribution in [1.29, 1.82) is 0 Å². The summed E-state index contributed by atoms with van der Waals surface area (Å²) in [6, 6.07) is 14.4. The minimum atomic E-state index is -0.526. The smallest absolute Gasteiger partial charge is 0.353 e. The fourth-order valence-corrected chi connectivity index (χ4v) is 3.94. The predicted octanol–water partition coefficient (Wildman–Crippen LogP) is 3.64. The maximum Gasteiger partial charge on any atom is 0.353 e. The van der Waals surface area contributed by atoms with Crippen molar-refractivity contribution in [2.24, 2.45) is 0 Å². The van der Waals surface area contributed by atoms with Crippen LogP contribution in [0.3, 0.4) is 0 Å². The zero-order chi connectivity index (χ0) is 24.8. The number of ether oxygens (including phenoxy) is 2. The Bertz CT molecular complexity index is 1200. The molecule has 35 heavy (non-hydrogen) atoms. The molecule has 0 aliphatic carbocycles. The molecule has 0 unspecified atom stereocenters. The van der Waals surface area contributed by atoms with Gasteiger partial charge in [0.25, 0.3) is 0 Å². The van der Waals surface area contributed by atoms with Gasteiger partial charge in [-0.15, -0.1) is 0 Å². The summed E-state index contributed by atoms with van der Waals surface area (Å²) in [5.74, 6) is 0.501. The Morgan fingerprint density at radius 3 is 2.40 bits per heavy atom. The molecule has 0 bridgehead atoms. The van der Waals surface area contributed by atoms with Crippen molar-refractivity contribution in [3.8, 4) is 5.75 Å². The summed E-state index contributed by atoms with van der Waals surface area (Å²) >= 11 is 0. The molecule has 0 radical (unpaired) electrons. The van der Waals surface area contributed by atoms with E-state index in [-0.39, 0.29) is 29.5 Å². The number of methoxy groups -OCH3 is 1. The zero-order valence-corrected chi connectivity index (χ0v) is 19.5. The van der Waals surface area contributed by atoms with E-state index in [0.717, 1.165) is 11.4 Å². The Morgan fingerprint density at radius 2 is 1.74 bits per heavy atom. The minimum Gasteiger partial charge on any atom is -0.497 e. The highest BCUT2D eigenvalue weighted by Crippen LogP contribution is 2.35. The second-order valence-corrected chi connectivity index (χ2v) is 7.71. The molecule has 0 atom stereocenters. The minimum absolute atomic E-state index is 0.00864. The van der Waals surface area contributed by atoms with E-state index in [9.17, 15) is 14.9 Å². The number of anilines is 4. The highest BCUT2D eigenvalue weighted by Gasteiger charge is 2.30. The van der Waals surface area contributed by atoms with Crippen molar-refractivity contribution < 1.29 is 19.2 Å². The van der Waals surface area contributed by atoms with Crippen LogP contribution in [0.1, 0.15) is 17.3 Å². The topological polar surface area (TPSA) is 123 Å². The molecule has 0 spiro atoms. The van der Waals surface area contributed by atoms with Gasteiger partial charge in [0, 0.05) is 31.9 Å². The Hall–Kier alpha value is -4.41. The van der Waals surface area contributed by atoms with Gasteiger partial charge in [0.05, 0.1) is 29.9 Å². The Kier molecular flexibility index (Phi) is 7.24. The van der Waals surface area contributed by atoms with Crippen LogP contribution in [-0.2, 0) is 4.74 Å². The summed E-state index contributed by atoms with van der Waals surface area (Å²) in [4.78, 5) is 36.3. The molecule has 1 fully saturated rings. The molecule has 11 heteroatoms. The van der Waals surface area contributed by atoms with Gasteiger partial charge in [-0.1, -0.05) is 12.1 Å². The molecule has 1 N–H and O–H groups in total. The van der Waals surface area contributed by atoms with E-state index in [1.54, 1.807) is 38.3 Å². The first-order valence-electron chi connectivity index (χ1n) is 11.2. The number of benzene rings is 2. The van der Waals surface area contributed by atoms with Gasteiger partial charge < -0.3 is 24.6 Å². The molecule has 182 valence electrons. The molecule has 1 saturated heterocycles. The largest absolute Gasteiger partial charge is 0.497 e. The normalized spacial score (nSPS) is 13.3. The van der Waals surface area contributed by atoms with Crippen LogP contribution >= 0.6 is 0 Å². The molecule has 2 aromatic carbocycles. The van der Waals surface area contributed by atoms with Crippen LogP contribution in [0.2, 0.25) is 0 Å². The number of hydrogen-bond acceptors (Lipinski definition) is 10. The summed E-state index contributed by atoms with van der Waals surface area (Å²) in [6.45, 7) is 4.35. The van der Waals surface area contributed by atoms with E-state index in [2.05, 4.69) is 20.2 Å². The lowest BCUT2D eigenvalue weighted by Gasteiger charge is -2.36. The Labute approximate surface area is 202 Å². The van der Waals surface area contributed by atoms with Crippen molar-refractivity contribution in [1.82, 2.24) is 9.97 Å². The first-order valence-corrected chi connectivity index (χ1v) is 11.2. The van der Waals surface area contributed by atoms with E-state index < -0.39 is 10.9 Å². The van der Waals surface area contributed by atoms with Crippen LogP contribution in [0.5, 0.6) is 5.75 Å². The standard InChI is InChI=1S/C24H26N6O5/c1-3-35-24(31)19-6-4-5-7-20(19)27-22-21(30(32)33)23(26-16-25-22)29-14-12-28(13-15-29)17-8-10-18(34-2)11-9-17/h4-11,16H,3,12-15H2,1-2H3,(H,25,26,27). The van der Waals surface area contributed by atoms with Gasteiger partial charge in [-0.3, -0.25) is 10.1 Å². The van der Waals surface area contributed by atoms with Crippen molar-refractivity contribution in [3.05, 3.63) is 70.5 Å². The maximum absolute atomic E-state index is 12.3. The van der Waals surface area contributed by atoms with Gasteiger partial charge in [-0.2, -0.15) is 0 Å². The number of hydrogen-bond donors (Lipinski definition) is 1. The average molecular weight is 479 g/mol. The molecule has 0 saturated carbocycles. The number of piperazine rings is 1. The summed E-state index contributed by atoms with van der Waals surface area (Å²) in [7, 11) is 1.63. The van der Waals surface area contributed by atoms with Gasteiger partial charge >= 0.3 is 11.7 Å². The second kappa shape index (κ2) is 10.7. The molecule has 2 heterocycles.